The van der Waals surface area contributed by atoms with Gasteiger partial charge >= 0.3 is 14.6 Å². The molecule has 9 heteroatoms. The molecule has 0 aliphatic carbocycles. The van der Waals surface area contributed by atoms with Crippen molar-refractivity contribution in [3.63, 3.8) is 0 Å². The fourth-order valence-corrected chi connectivity index (χ4v) is 5.96. The zero-order chi connectivity index (χ0) is 28.3. The molecule has 2 amide bonds. The first-order chi connectivity index (χ1) is 20.0. The maximum absolute atomic E-state index is 14.6. The van der Waals surface area contributed by atoms with Crippen LogP contribution in [-0.4, -0.2) is 24.5 Å². The molecule has 0 bridgehead atoms. The fraction of sp³-hybridized carbons (Fsp3) is 0.156. The minimum Gasteiger partial charge on any atom is -0.427 e. The maximum Gasteiger partial charge on any atom is 0.397 e. The SMILES string of the molecule is CN1C(=O)N2CC(c3cc(F)ccc3F)=C[C@H]2c2cc(OP(OCc3ccccc3)OCc3ccccc3)ccc21. The Morgan fingerprint density at radius 2 is 1.51 bits per heavy atom. The second kappa shape index (κ2) is 11.8. The van der Waals surface area contributed by atoms with Gasteiger partial charge in [-0.3, -0.25) is 13.9 Å². The third-order valence-electron chi connectivity index (χ3n) is 7.06. The molecule has 0 aromatic heterocycles. The molecule has 0 N–H and O–H groups in total. The van der Waals surface area contributed by atoms with Crippen LogP contribution in [-0.2, 0) is 22.3 Å². The summed E-state index contributed by atoms with van der Waals surface area (Å²) in [6.45, 7) is 0.780. The van der Waals surface area contributed by atoms with Crippen LogP contribution in [0.5, 0.6) is 5.75 Å². The van der Waals surface area contributed by atoms with Gasteiger partial charge in [0.1, 0.15) is 17.4 Å². The number of amides is 2. The predicted molar refractivity (Wildman–Crippen MR) is 154 cm³/mol. The molecule has 6 nitrogen and oxygen atoms in total. The Hall–Kier alpha value is -4.10. The lowest BCUT2D eigenvalue weighted by atomic mass is 9.99. The number of hydrogen-bond acceptors (Lipinski definition) is 4. The van der Waals surface area contributed by atoms with Crippen molar-refractivity contribution in [2.45, 2.75) is 19.3 Å². The van der Waals surface area contributed by atoms with Crippen LogP contribution in [0.15, 0.2) is 103 Å². The Morgan fingerprint density at radius 3 is 2.17 bits per heavy atom. The minimum absolute atomic E-state index is 0.149. The molecule has 0 saturated heterocycles. The second-order valence-electron chi connectivity index (χ2n) is 9.78. The average Bonchev–Trinajstić information content (AvgIpc) is 3.45. The smallest absolute Gasteiger partial charge is 0.397 e. The summed E-state index contributed by atoms with van der Waals surface area (Å²) < 4.78 is 46.9. The summed E-state index contributed by atoms with van der Waals surface area (Å²) in [7, 11) is -0.0932. The first-order valence-electron chi connectivity index (χ1n) is 13.1. The second-order valence-corrected chi connectivity index (χ2v) is 10.9. The maximum atomic E-state index is 14.6. The molecule has 2 heterocycles. The summed E-state index contributed by atoms with van der Waals surface area (Å²) in [5.41, 5.74) is 4.18. The van der Waals surface area contributed by atoms with Gasteiger partial charge in [-0.1, -0.05) is 66.7 Å². The summed E-state index contributed by atoms with van der Waals surface area (Å²) in [5.74, 6) is -0.559. The topological polar surface area (TPSA) is 51.2 Å². The monoisotopic (exact) mass is 572 g/mol. The van der Waals surface area contributed by atoms with Gasteiger partial charge in [0.05, 0.1) is 24.9 Å². The molecule has 41 heavy (non-hydrogen) atoms. The minimum atomic E-state index is -1.79. The van der Waals surface area contributed by atoms with Crippen LogP contribution < -0.4 is 9.42 Å². The van der Waals surface area contributed by atoms with Crippen molar-refractivity contribution in [1.82, 2.24) is 4.90 Å². The zero-order valence-corrected chi connectivity index (χ0v) is 23.1. The molecular formula is C32H27F2N2O4P. The van der Waals surface area contributed by atoms with Crippen LogP contribution in [0.1, 0.15) is 28.3 Å². The van der Waals surface area contributed by atoms with Crippen molar-refractivity contribution >= 4 is 25.9 Å². The van der Waals surface area contributed by atoms with E-state index in [2.05, 4.69) is 0 Å². The van der Waals surface area contributed by atoms with Gasteiger partial charge < -0.3 is 9.42 Å². The number of anilines is 1. The molecule has 0 saturated carbocycles. The van der Waals surface area contributed by atoms with E-state index in [1.807, 2.05) is 78.9 Å². The highest BCUT2D eigenvalue weighted by Gasteiger charge is 2.40. The molecule has 2 aliphatic heterocycles. The molecule has 0 fully saturated rings. The fourth-order valence-electron chi connectivity index (χ4n) is 4.98. The number of urea groups is 1. The Labute approximate surface area is 238 Å². The number of nitrogens with zero attached hydrogens (tertiary/aromatic N) is 2. The van der Waals surface area contributed by atoms with E-state index in [9.17, 15) is 13.6 Å². The lowest BCUT2D eigenvalue weighted by Gasteiger charge is -2.37. The number of hydrogen-bond donors (Lipinski definition) is 0. The van der Waals surface area contributed by atoms with Crippen LogP contribution in [0.3, 0.4) is 0 Å². The van der Waals surface area contributed by atoms with Crippen molar-refractivity contribution in [3.05, 3.63) is 137 Å². The summed E-state index contributed by atoms with van der Waals surface area (Å²) in [6, 6.07) is 27.6. The first kappa shape index (κ1) is 27.1. The Morgan fingerprint density at radius 1 is 0.854 bits per heavy atom. The van der Waals surface area contributed by atoms with Crippen LogP contribution in [0.2, 0.25) is 0 Å². The van der Waals surface area contributed by atoms with E-state index in [0.717, 1.165) is 34.9 Å². The van der Waals surface area contributed by atoms with E-state index in [-0.39, 0.29) is 18.1 Å². The van der Waals surface area contributed by atoms with E-state index >= 15 is 0 Å². The highest BCUT2D eigenvalue weighted by atomic mass is 31.2. The quantitative estimate of drug-likeness (QED) is 0.191. The van der Waals surface area contributed by atoms with Gasteiger partial charge in [0.2, 0.25) is 0 Å². The number of fused-ring (bicyclic) bond motifs is 3. The molecule has 0 spiro atoms. The van der Waals surface area contributed by atoms with E-state index in [0.29, 0.717) is 30.2 Å². The molecule has 208 valence electrons. The zero-order valence-electron chi connectivity index (χ0n) is 22.2. The summed E-state index contributed by atoms with van der Waals surface area (Å²) in [6.07, 6.45) is 1.81. The van der Waals surface area contributed by atoms with Gasteiger partial charge in [0.15, 0.2) is 0 Å². The molecule has 0 unspecified atom stereocenters. The van der Waals surface area contributed by atoms with Gasteiger partial charge in [-0.15, -0.1) is 0 Å². The Kier molecular flexibility index (Phi) is 7.79. The highest BCUT2D eigenvalue weighted by molar-refractivity contribution is 7.42. The van der Waals surface area contributed by atoms with Crippen molar-refractivity contribution in [1.29, 1.82) is 0 Å². The summed E-state index contributed by atoms with van der Waals surface area (Å²) in [4.78, 5) is 16.4. The molecule has 4 aromatic rings. The lowest BCUT2D eigenvalue weighted by molar-refractivity contribution is 0.191. The van der Waals surface area contributed by atoms with Crippen LogP contribution in [0.25, 0.3) is 5.57 Å². The number of carbonyl (C=O) groups is 1. The Balaban J connectivity index is 1.27. The van der Waals surface area contributed by atoms with Crippen molar-refractivity contribution < 1.29 is 27.1 Å². The first-order valence-corrected chi connectivity index (χ1v) is 14.2. The molecular weight excluding hydrogens is 545 g/mol. The van der Waals surface area contributed by atoms with Crippen molar-refractivity contribution in [3.8, 4) is 5.75 Å². The average molecular weight is 573 g/mol. The standard InChI is InChI=1S/C32H27F2N2O4P/c1-35-30-15-13-26(40-41(38-20-22-8-4-2-5-9-22)39-21-23-10-6-3-7-11-23)18-28(30)31-16-24(19-36(31)32(35)37)27-17-25(33)12-14-29(27)34/h2-18,31H,19-21H2,1H3/t31-/m0/s1. The van der Waals surface area contributed by atoms with Gasteiger partial charge in [0, 0.05) is 24.7 Å². The van der Waals surface area contributed by atoms with Crippen molar-refractivity contribution in [2.75, 3.05) is 18.5 Å². The molecule has 6 rings (SSSR count). The van der Waals surface area contributed by atoms with Crippen molar-refractivity contribution in [2.24, 2.45) is 0 Å². The normalized spacial score (nSPS) is 16.0. The van der Waals surface area contributed by atoms with E-state index in [1.165, 1.54) is 0 Å². The van der Waals surface area contributed by atoms with E-state index < -0.39 is 26.3 Å². The number of rotatable bonds is 9. The van der Waals surface area contributed by atoms with E-state index in [1.54, 1.807) is 22.9 Å². The number of benzene rings is 4. The molecule has 0 radical (unpaired) electrons. The van der Waals surface area contributed by atoms with Crippen LogP contribution in [0, 0.1) is 11.6 Å². The summed E-state index contributed by atoms with van der Waals surface area (Å²) >= 11 is 0. The van der Waals surface area contributed by atoms with Gasteiger partial charge in [-0.2, -0.15) is 0 Å². The summed E-state index contributed by atoms with van der Waals surface area (Å²) in [5, 5.41) is 0. The van der Waals surface area contributed by atoms with Gasteiger partial charge in [-0.25, -0.2) is 13.6 Å². The third kappa shape index (κ3) is 5.86. The Bertz CT molecular complexity index is 1540. The van der Waals surface area contributed by atoms with Crippen LogP contribution >= 0.6 is 8.60 Å². The molecule has 4 aromatic carbocycles. The largest absolute Gasteiger partial charge is 0.427 e. The van der Waals surface area contributed by atoms with Gasteiger partial charge in [-0.05, 0) is 53.1 Å². The molecule has 1 atom stereocenters. The highest BCUT2D eigenvalue weighted by Crippen LogP contribution is 2.47. The number of halogens is 2. The van der Waals surface area contributed by atoms with Crippen LogP contribution in [0.4, 0.5) is 19.3 Å². The third-order valence-corrected chi connectivity index (χ3v) is 8.10. The molecule has 2 aliphatic rings. The van der Waals surface area contributed by atoms with Gasteiger partial charge in [0.25, 0.3) is 0 Å². The lowest BCUT2D eigenvalue weighted by Crippen LogP contribution is -2.45. The van der Waals surface area contributed by atoms with E-state index in [4.69, 9.17) is 13.6 Å². The predicted octanol–water partition coefficient (Wildman–Crippen LogP) is 8.01. The number of carbonyl (C=O) groups excluding carboxylic acids is 1.